The first-order chi connectivity index (χ1) is 16.5. The first kappa shape index (κ1) is 23.6. The summed E-state index contributed by atoms with van der Waals surface area (Å²) in [5.41, 5.74) is 8.76. The van der Waals surface area contributed by atoms with E-state index < -0.39 is 0 Å². The third-order valence-corrected chi connectivity index (χ3v) is 5.67. The number of nitrogens with two attached hydrogens (primary N) is 1. The van der Waals surface area contributed by atoms with E-state index >= 15 is 0 Å². The fourth-order valence-corrected chi connectivity index (χ4v) is 3.98. The lowest BCUT2D eigenvalue weighted by molar-refractivity contribution is 0.338. The number of ether oxygens (including phenoxy) is 2. The van der Waals surface area contributed by atoms with Gasteiger partial charge in [0.25, 0.3) is 0 Å². The molecule has 34 heavy (non-hydrogen) atoms. The van der Waals surface area contributed by atoms with E-state index in [-0.39, 0.29) is 11.8 Å². The molecule has 1 unspecified atom stereocenters. The van der Waals surface area contributed by atoms with Crippen molar-refractivity contribution < 1.29 is 14.6 Å². The number of methoxy groups -OCH3 is 1. The molecule has 9 nitrogen and oxygen atoms in total. The van der Waals surface area contributed by atoms with Crippen molar-refractivity contribution in [3.05, 3.63) is 60.1 Å². The molecule has 0 aliphatic carbocycles. The number of rotatable bonds is 5. The third-order valence-electron chi connectivity index (χ3n) is 5.39. The Balaban J connectivity index is 0.000000257. The summed E-state index contributed by atoms with van der Waals surface area (Å²) >= 11 is 6.34. The zero-order valence-corrected chi connectivity index (χ0v) is 19.8. The number of pyridine rings is 3. The molecule has 3 N–H and O–H groups in total. The number of nitrogens with zero attached hydrogens (tertiary/aromatic N) is 5. The zero-order valence-electron chi connectivity index (χ0n) is 19.1. The summed E-state index contributed by atoms with van der Waals surface area (Å²) in [6, 6.07) is 9.41. The normalized spacial score (nSPS) is 15.2. The maximum atomic E-state index is 8.73. The number of hydrogen-bond donors (Lipinski definition) is 2. The highest BCUT2D eigenvalue weighted by molar-refractivity contribution is 6.34. The number of hydrogen-bond acceptors (Lipinski definition) is 8. The van der Waals surface area contributed by atoms with E-state index in [1.807, 2.05) is 31.5 Å². The van der Waals surface area contributed by atoms with Gasteiger partial charge in [-0.05, 0) is 37.6 Å². The highest BCUT2D eigenvalue weighted by atomic mass is 35.5. The van der Waals surface area contributed by atoms with Crippen molar-refractivity contribution in [1.82, 2.24) is 19.6 Å². The molecule has 0 saturated carbocycles. The molecular formula is C24H27ClN6O3. The number of halogens is 1. The largest absolute Gasteiger partial charge is 0.506 e. The molecule has 1 aliphatic rings. The molecule has 0 bridgehead atoms. The van der Waals surface area contributed by atoms with Gasteiger partial charge in [-0.1, -0.05) is 11.6 Å². The molecule has 0 aromatic carbocycles. The molecule has 5 heterocycles. The van der Waals surface area contributed by atoms with Crippen LogP contribution in [0.3, 0.4) is 0 Å². The highest BCUT2D eigenvalue weighted by Gasteiger charge is 2.20. The molecule has 4 aromatic rings. The van der Waals surface area contributed by atoms with Crippen LogP contribution in [0.4, 0.5) is 5.82 Å². The van der Waals surface area contributed by atoms with Crippen LogP contribution in [0, 0.1) is 0 Å². The molecule has 1 fully saturated rings. The minimum Gasteiger partial charge on any atom is -0.506 e. The van der Waals surface area contributed by atoms with Crippen LogP contribution in [0.25, 0.3) is 16.6 Å². The summed E-state index contributed by atoms with van der Waals surface area (Å²) in [7, 11) is 1.53. The second-order valence-electron chi connectivity index (χ2n) is 7.77. The first-order valence-corrected chi connectivity index (χ1v) is 11.3. The molecule has 1 saturated heterocycles. The van der Waals surface area contributed by atoms with Gasteiger partial charge in [0, 0.05) is 42.5 Å². The topological polar surface area (TPSA) is 111 Å². The maximum absolute atomic E-state index is 8.73. The second-order valence-corrected chi connectivity index (χ2v) is 8.17. The molecule has 4 aromatic heterocycles. The van der Waals surface area contributed by atoms with Gasteiger partial charge < -0.3 is 25.2 Å². The summed E-state index contributed by atoms with van der Waals surface area (Å²) in [4.78, 5) is 10.6. The number of fused-ring (bicyclic) bond motifs is 1. The Bertz CT molecular complexity index is 1230. The van der Waals surface area contributed by atoms with Crippen molar-refractivity contribution in [1.29, 1.82) is 0 Å². The zero-order chi connectivity index (χ0) is 24.1. The summed E-state index contributed by atoms with van der Waals surface area (Å²) in [6.07, 6.45) is 7.68. The quantitative estimate of drug-likeness (QED) is 0.442. The van der Waals surface area contributed by atoms with Crippen molar-refractivity contribution in [2.24, 2.45) is 5.73 Å². The predicted octanol–water partition coefficient (Wildman–Crippen LogP) is 3.78. The van der Waals surface area contributed by atoms with E-state index in [4.69, 9.17) is 31.9 Å². The molecular weight excluding hydrogens is 456 g/mol. The lowest BCUT2D eigenvalue weighted by atomic mass is 10.1. The number of aromatic nitrogens is 4. The summed E-state index contributed by atoms with van der Waals surface area (Å²) < 4.78 is 12.1. The van der Waals surface area contributed by atoms with Gasteiger partial charge in [-0.3, -0.25) is 0 Å². The maximum Gasteiger partial charge on any atom is 0.213 e. The SMILES string of the molecule is CCOc1cc(-c2ccc(N3CCC(N)C3)nc2)c2c(Cl)cnn2c1.COc1ccc(O)cn1. The van der Waals surface area contributed by atoms with E-state index in [1.54, 1.807) is 16.8 Å². The second kappa shape index (κ2) is 10.6. The Kier molecular flexibility index (Phi) is 7.34. The molecule has 1 aliphatic heterocycles. The van der Waals surface area contributed by atoms with Gasteiger partial charge in [0.2, 0.25) is 5.88 Å². The van der Waals surface area contributed by atoms with Crippen LogP contribution in [0.2, 0.25) is 5.02 Å². The third kappa shape index (κ3) is 5.32. The van der Waals surface area contributed by atoms with Gasteiger partial charge in [-0.25, -0.2) is 14.5 Å². The van der Waals surface area contributed by atoms with E-state index in [0.29, 0.717) is 17.5 Å². The Morgan fingerprint density at radius 2 is 2.03 bits per heavy atom. The first-order valence-electron chi connectivity index (χ1n) is 10.9. The molecule has 10 heteroatoms. The average molecular weight is 483 g/mol. The van der Waals surface area contributed by atoms with Crippen LogP contribution in [-0.2, 0) is 0 Å². The van der Waals surface area contributed by atoms with Crippen molar-refractivity contribution in [3.63, 3.8) is 0 Å². The van der Waals surface area contributed by atoms with E-state index in [1.165, 1.54) is 19.4 Å². The summed E-state index contributed by atoms with van der Waals surface area (Å²) in [5, 5.41) is 13.6. The van der Waals surface area contributed by atoms with Crippen LogP contribution in [0.5, 0.6) is 17.4 Å². The van der Waals surface area contributed by atoms with Gasteiger partial charge in [0.15, 0.2) is 0 Å². The lowest BCUT2D eigenvalue weighted by Gasteiger charge is -2.17. The predicted molar refractivity (Wildman–Crippen MR) is 132 cm³/mol. The van der Waals surface area contributed by atoms with Gasteiger partial charge >= 0.3 is 0 Å². The van der Waals surface area contributed by atoms with Crippen LogP contribution in [0.1, 0.15) is 13.3 Å². The van der Waals surface area contributed by atoms with E-state index in [2.05, 4.69) is 26.0 Å². The fraction of sp³-hybridized carbons (Fsp3) is 0.292. The molecule has 0 spiro atoms. The highest BCUT2D eigenvalue weighted by Crippen LogP contribution is 2.33. The van der Waals surface area contributed by atoms with Crippen molar-refractivity contribution in [3.8, 4) is 28.5 Å². The Hall–Kier alpha value is -3.56. The lowest BCUT2D eigenvalue weighted by Crippen LogP contribution is -2.26. The minimum atomic E-state index is 0.149. The van der Waals surface area contributed by atoms with Gasteiger partial charge in [-0.15, -0.1) is 0 Å². The van der Waals surface area contributed by atoms with Gasteiger partial charge in [0.05, 0.1) is 42.8 Å². The van der Waals surface area contributed by atoms with Gasteiger partial charge in [0.1, 0.15) is 17.3 Å². The van der Waals surface area contributed by atoms with Crippen molar-refractivity contribution in [2.45, 2.75) is 19.4 Å². The number of aromatic hydroxyl groups is 1. The Morgan fingerprint density at radius 1 is 1.18 bits per heavy atom. The van der Waals surface area contributed by atoms with Crippen LogP contribution in [-0.4, -0.2) is 57.5 Å². The molecule has 178 valence electrons. The molecule has 5 rings (SSSR count). The monoisotopic (exact) mass is 482 g/mol. The average Bonchev–Trinajstić information content (AvgIpc) is 3.45. The molecule has 1 atom stereocenters. The van der Waals surface area contributed by atoms with Crippen LogP contribution < -0.4 is 20.1 Å². The van der Waals surface area contributed by atoms with Crippen molar-refractivity contribution in [2.75, 3.05) is 31.7 Å². The van der Waals surface area contributed by atoms with E-state index in [0.717, 1.165) is 47.7 Å². The fourth-order valence-electron chi connectivity index (χ4n) is 3.75. The summed E-state index contributed by atoms with van der Waals surface area (Å²) in [6.45, 7) is 4.35. The Morgan fingerprint density at radius 3 is 2.65 bits per heavy atom. The van der Waals surface area contributed by atoms with Crippen LogP contribution >= 0.6 is 11.6 Å². The standard InChI is InChI=1S/C18H20ClN5O.C6H7NO2/c1-2-25-14-7-15(18-16(19)9-22-24(18)11-14)12-3-4-17(21-8-12)23-6-5-13(20)10-23;1-9-6-3-2-5(8)4-7-6/h3-4,7-9,11,13H,2,5-6,10,20H2,1H3;2-4,8H,1H3. The summed E-state index contributed by atoms with van der Waals surface area (Å²) in [5.74, 6) is 2.36. The van der Waals surface area contributed by atoms with E-state index in [9.17, 15) is 0 Å². The molecule has 0 amide bonds. The smallest absolute Gasteiger partial charge is 0.213 e. The Labute approximate surface area is 202 Å². The number of anilines is 1. The van der Waals surface area contributed by atoms with Gasteiger partial charge in [-0.2, -0.15) is 5.10 Å². The minimum absolute atomic E-state index is 0.149. The van der Waals surface area contributed by atoms with Crippen LogP contribution in [0.15, 0.2) is 55.1 Å². The molecule has 0 radical (unpaired) electrons. The van der Waals surface area contributed by atoms with Crippen molar-refractivity contribution >= 4 is 22.9 Å².